The summed E-state index contributed by atoms with van der Waals surface area (Å²) in [6, 6.07) is 3.67. The van der Waals surface area contributed by atoms with Crippen LogP contribution in [0.4, 0.5) is 0 Å². The summed E-state index contributed by atoms with van der Waals surface area (Å²) in [4.78, 5) is 13.2. The number of rotatable bonds is 3. The van der Waals surface area contributed by atoms with Crippen LogP contribution in [0.2, 0.25) is 0 Å². The summed E-state index contributed by atoms with van der Waals surface area (Å²) >= 11 is 1.41. The second kappa shape index (κ2) is 5.67. The Morgan fingerprint density at radius 2 is 1.79 bits per heavy atom. The molecule has 0 aliphatic carbocycles. The van der Waals surface area contributed by atoms with E-state index < -0.39 is 6.10 Å². The van der Waals surface area contributed by atoms with E-state index in [0.717, 1.165) is 27.5 Å². The SMILES string of the molecule is Cc1nc(Sc2cc([C@H](C)O)ccn2)nc(C)c1C. The molecule has 1 atom stereocenters. The Morgan fingerprint density at radius 3 is 2.37 bits per heavy atom. The fourth-order valence-corrected chi connectivity index (χ4v) is 2.48. The van der Waals surface area contributed by atoms with Crippen LogP contribution in [0.15, 0.2) is 28.5 Å². The lowest BCUT2D eigenvalue weighted by molar-refractivity contribution is 0.199. The largest absolute Gasteiger partial charge is 0.389 e. The van der Waals surface area contributed by atoms with E-state index in [0.29, 0.717) is 5.16 Å². The third-order valence-corrected chi connectivity index (χ3v) is 3.85. The molecule has 2 aromatic rings. The zero-order chi connectivity index (χ0) is 14.0. The van der Waals surface area contributed by atoms with E-state index in [1.54, 1.807) is 19.2 Å². The lowest BCUT2D eigenvalue weighted by Crippen LogP contribution is -1.98. The maximum Gasteiger partial charge on any atom is 0.194 e. The molecule has 0 aliphatic heterocycles. The summed E-state index contributed by atoms with van der Waals surface area (Å²) in [6.07, 6.45) is 1.20. The molecule has 1 N–H and O–H groups in total. The Kier molecular flexibility index (Phi) is 4.17. The normalized spacial score (nSPS) is 12.5. The zero-order valence-corrected chi connectivity index (χ0v) is 12.3. The molecule has 2 aromatic heterocycles. The van der Waals surface area contributed by atoms with Gasteiger partial charge in [-0.25, -0.2) is 15.0 Å². The standard InChI is InChI=1S/C14H17N3OS/c1-8-9(2)16-14(17-10(8)3)19-13-7-12(11(4)18)5-6-15-13/h5-7,11,18H,1-4H3/t11-/m0/s1. The number of hydrogen-bond donors (Lipinski definition) is 1. The Bertz CT molecular complexity index is 576. The third kappa shape index (κ3) is 3.30. The van der Waals surface area contributed by atoms with Crippen LogP contribution >= 0.6 is 11.8 Å². The van der Waals surface area contributed by atoms with Crippen LogP contribution < -0.4 is 0 Å². The highest BCUT2D eigenvalue weighted by Gasteiger charge is 2.08. The fraction of sp³-hybridized carbons (Fsp3) is 0.357. The van der Waals surface area contributed by atoms with Crippen LogP contribution in [0, 0.1) is 20.8 Å². The van der Waals surface area contributed by atoms with E-state index in [2.05, 4.69) is 15.0 Å². The first-order valence-electron chi connectivity index (χ1n) is 6.11. The van der Waals surface area contributed by atoms with Crippen LogP contribution in [0.1, 0.15) is 35.5 Å². The maximum absolute atomic E-state index is 9.57. The highest BCUT2D eigenvalue weighted by Crippen LogP contribution is 2.26. The van der Waals surface area contributed by atoms with E-state index in [9.17, 15) is 5.11 Å². The van der Waals surface area contributed by atoms with Crippen molar-refractivity contribution in [3.63, 3.8) is 0 Å². The lowest BCUT2D eigenvalue weighted by atomic mass is 10.2. The molecular formula is C14H17N3OS. The Balaban J connectivity index is 2.28. The summed E-state index contributed by atoms with van der Waals surface area (Å²) in [5, 5.41) is 11.1. The van der Waals surface area contributed by atoms with Gasteiger partial charge in [-0.05, 0) is 62.7 Å². The van der Waals surface area contributed by atoms with Crippen molar-refractivity contribution in [1.82, 2.24) is 15.0 Å². The van der Waals surface area contributed by atoms with Gasteiger partial charge in [0, 0.05) is 17.6 Å². The average Bonchev–Trinajstić information content (AvgIpc) is 2.36. The lowest BCUT2D eigenvalue weighted by Gasteiger charge is -2.08. The summed E-state index contributed by atoms with van der Waals surface area (Å²) < 4.78 is 0. The molecule has 0 radical (unpaired) electrons. The van der Waals surface area contributed by atoms with Crippen molar-refractivity contribution in [2.24, 2.45) is 0 Å². The van der Waals surface area contributed by atoms with Crippen molar-refractivity contribution in [1.29, 1.82) is 0 Å². The minimum Gasteiger partial charge on any atom is -0.389 e. The van der Waals surface area contributed by atoms with E-state index in [4.69, 9.17) is 0 Å². The monoisotopic (exact) mass is 275 g/mol. The predicted octanol–water partition coefficient (Wildman–Crippen LogP) is 3.00. The van der Waals surface area contributed by atoms with Gasteiger partial charge in [0.25, 0.3) is 0 Å². The van der Waals surface area contributed by atoms with Gasteiger partial charge in [0.05, 0.1) is 6.10 Å². The molecule has 0 bridgehead atoms. The van der Waals surface area contributed by atoms with E-state index in [1.807, 2.05) is 26.8 Å². The number of aliphatic hydroxyl groups excluding tert-OH is 1. The van der Waals surface area contributed by atoms with Crippen LogP contribution in [0.5, 0.6) is 0 Å². The average molecular weight is 275 g/mol. The molecule has 0 saturated heterocycles. The van der Waals surface area contributed by atoms with Crippen molar-refractivity contribution in [2.45, 2.75) is 44.0 Å². The zero-order valence-electron chi connectivity index (χ0n) is 11.5. The number of aryl methyl sites for hydroxylation is 2. The Hall–Kier alpha value is -1.46. The van der Waals surface area contributed by atoms with Crippen LogP contribution in [0.3, 0.4) is 0 Å². The molecule has 100 valence electrons. The van der Waals surface area contributed by atoms with Crippen molar-refractivity contribution in [2.75, 3.05) is 0 Å². The quantitative estimate of drug-likeness (QED) is 0.873. The first kappa shape index (κ1) is 14.0. The van der Waals surface area contributed by atoms with Crippen molar-refractivity contribution < 1.29 is 5.11 Å². The number of aromatic nitrogens is 3. The number of hydrogen-bond acceptors (Lipinski definition) is 5. The summed E-state index contributed by atoms with van der Waals surface area (Å²) in [6.45, 7) is 7.72. The molecule has 5 heteroatoms. The smallest absolute Gasteiger partial charge is 0.194 e. The van der Waals surface area contributed by atoms with Crippen molar-refractivity contribution in [3.8, 4) is 0 Å². The van der Waals surface area contributed by atoms with Gasteiger partial charge < -0.3 is 5.11 Å². The van der Waals surface area contributed by atoms with E-state index >= 15 is 0 Å². The van der Waals surface area contributed by atoms with Gasteiger partial charge in [-0.2, -0.15) is 0 Å². The molecule has 0 amide bonds. The molecule has 0 unspecified atom stereocenters. The molecule has 0 aromatic carbocycles. The van der Waals surface area contributed by atoms with Gasteiger partial charge in [-0.15, -0.1) is 0 Å². The molecule has 2 heterocycles. The van der Waals surface area contributed by atoms with Crippen molar-refractivity contribution in [3.05, 3.63) is 40.8 Å². The number of pyridine rings is 1. The highest BCUT2D eigenvalue weighted by atomic mass is 32.2. The first-order valence-corrected chi connectivity index (χ1v) is 6.92. The van der Waals surface area contributed by atoms with Crippen LogP contribution in [-0.4, -0.2) is 20.1 Å². The minimum absolute atomic E-state index is 0.496. The number of aliphatic hydroxyl groups is 1. The molecule has 0 aliphatic rings. The van der Waals surface area contributed by atoms with E-state index in [1.165, 1.54) is 11.8 Å². The maximum atomic E-state index is 9.57. The van der Waals surface area contributed by atoms with Crippen LogP contribution in [0.25, 0.3) is 0 Å². The molecule has 4 nitrogen and oxygen atoms in total. The molecule has 19 heavy (non-hydrogen) atoms. The van der Waals surface area contributed by atoms with Gasteiger partial charge >= 0.3 is 0 Å². The van der Waals surface area contributed by atoms with Gasteiger partial charge in [-0.3, -0.25) is 0 Å². The Morgan fingerprint density at radius 1 is 1.16 bits per heavy atom. The topological polar surface area (TPSA) is 58.9 Å². The van der Waals surface area contributed by atoms with Gasteiger partial charge in [0.1, 0.15) is 5.03 Å². The molecular weight excluding hydrogens is 258 g/mol. The summed E-state index contributed by atoms with van der Waals surface area (Å²) in [5.41, 5.74) is 3.94. The second-order valence-electron chi connectivity index (χ2n) is 4.51. The minimum atomic E-state index is -0.496. The summed E-state index contributed by atoms with van der Waals surface area (Å²) in [5.74, 6) is 0. The third-order valence-electron chi connectivity index (χ3n) is 3.05. The summed E-state index contributed by atoms with van der Waals surface area (Å²) in [7, 11) is 0. The van der Waals surface area contributed by atoms with Gasteiger partial charge in [0.2, 0.25) is 0 Å². The van der Waals surface area contributed by atoms with Crippen molar-refractivity contribution >= 4 is 11.8 Å². The predicted molar refractivity (Wildman–Crippen MR) is 75.2 cm³/mol. The van der Waals surface area contributed by atoms with Crippen LogP contribution in [-0.2, 0) is 0 Å². The van der Waals surface area contributed by atoms with Gasteiger partial charge in [0.15, 0.2) is 5.16 Å². The van der Waals surface area contributed by atoms with Gasteiger partial charge in [-0.1, -0.05) is 0 Å². The highest BCUT2D eigenvalue weighted by molar-refractivity contribution is 7.99. The number of nitrogens with zero attached hydrogens (tertiary/aromatic N) is 3. The molecule has 0 spiro atoms. The molecule has 0 saturated carbocycles. The fourth-order valence-electron chi connectivity index (χ4n) is 1.62. The molecule has 2 rings (SSSR count). The first-order chi connectivity index (χ1) is 8.97. The second-order valence-corrected chi connectivity index (χ2v) is 5.49. The Labute approximate surface area is 117 Å². The van der Waals surface area contributed by atoms with E-state index in [-0.39, 0.29) is 0 Å². The molecule has 0 fully saturated rings.